The van der Waals surface area contributed by atoms with Crippen LogP contribution in [-0.4, -0.2) is 82.2 Å². The van der Waals surface area contributed by atoms with Crippen LogP contribution in [0.4, 0.5) is 0 Å². The molecule has 4 unspecified atom stereocenters. The first-order valence-corrected chi connectivity index (χ1v) is 17.0. The zero-order valence-electron chi connectivity index (χ0n) is 27.4. The number of carbonyl (C=O) groups is 5. The van der Waals surface area contributed by atoms with Crippen molar-refractivity contribution < 1.29 is 28.7 Å². The number of halogens is 1. The standard InChI is InChI=1S/C33H49ClN6O6/c1-5-9-23(27(41)31(44)37-21-13-14-21)38-29(42)24-16-22(46-25-15-12-20(34)17-36-25)18-40(24)32(45)28(33(2,3)4)39-30(43)26(35)19-10-7-6-8-11-19/h12,15,17,19,21-24,26,28H,5-11,13-14,16,18,35H2,1-4H3,(H,37,44)(H,38,42)(H,39,43)/t22?,23?,24?,26-,28?/m0/s1. The molecule has 0 bridgehead atoms. The van der Waals surface area contributed by atoms with E-state index in [9.17, 15) is 24.0 Å². The van der Waals surface area contributed by atoms with E-state index in [1.807, 2.05) is 27.7 Å². The summed E-state index contributed by atoms with van der Waals surface area (Å²) < 4.78 is 6.06. The topological polar surface area (TPSA) is 173 Å². The summed E-state index contributed by atoms with van der Waals surface area (Å²) in [6, 6.07) is -0.593. The molecule has 2 heterocycles. The first-order chi connectivity index (χ1) is 21.8. The van der Waals surface area contributed by atoms with Crippen LogP contribution in [0, 0.1) is 11.3 Å². The summed E-state index contributed by atoms with van der Waals surface area (Å²) in [5, 5.41) is 8.79. The van der Waals surface area contributed by atoms with Gasteiger partial charge in [0.2, 0.25) is 29.4 Å². The molecule has 13 heteroatoms. The number of nitrogens with zero attached hydrogens (tertiary/aromatic N) is 2. The molecule has 46 heavy (non-hydrogen) atoms. The molecule has 5 N–H and O–H groups in total. The Morgan fingerprint density at radius 3 is 2.35 bits per heavy atom. The van der Waals surface area contributed by atoms with E-state index in [0.717, 1.165) is 44.9 Å². The molecule has 1 saturated heterocycles. The van der Waals surface area contributed by atoms with E-state index in [1.165, 1.54) is 11.1 Å². The Bertz CT molecular complexity index is 1260. The van der Waals surface area contributed by atoms with Crippen LogP contribution >= 0.6 is 11.6 Å². The Balaban J connectivity index is 1.55. The van der Waals surface area contributed by atoms with Gasteiger partial charge >= 0.3 is 0 Å². The normalized spacial score (nSPS) is 22.3. The van der Waals surface area contributed by atoms with Gasteiger partial charge < -0.3 is 31.3 Å². The summed E-state index contributed by atoms with van der Waals surface area (Å²) in [7, 11) is 0. The minimum absolute atomic E-state index is 0.00692. The second kappa shape index (κ2) is 15.6. The molecule has 12 nitrogen and oxygen atoms in total. The smallest absolute Gasteiger partial charge is 0.289 e. The van der Waals surface area contributed by atoms with Crippen molar-refractivity contribution in [2.75, 3.05) is 6.54 Å². The molecule has 5 atom stereocenters. The third kappa shape index (κ3) is 9.40. The highest BCUT2D eigenvalue weighted by atomic mass is 35.5. The average Bonchev–Trinajstić information content (AvgIpc) is 3.74. The van der Waals surface area contributed by atoms with Crippen LogP contribution in [0.15, 0.2) is 18.3 Å². The maximum Gasteiger partial charge on any atom is 0.289 e. The van der Waals surface area contributed by atoms with E-state index >= 15 is 0 Å². The molecule has 3 fully saturated rings. The Kier molecular flexibility index (Phi) is 12.0. The Labute approximate surface area is 276 Å². The van der Waals surface area contributed by atoms with Crippen LogP contribution in [0.5, 0.6) is 5.88 Å². The second-order valence-electron chi connectivity index (χ2n) is 14.0. The molecule has 3 aliphatic rings. The number of nitrogens with two attached hydrogens (primary N) is 1. The highest BCUT2D eigenvalue weighted by Crippen LogP contribution is 2.30. The van der Waals surface area contributed by atoms with Crippen LogP contribution in [0.3, 0.4) is 0 Å². The van der Waals surface area contributed by atoms with Crippen LogP contribution in [0.25, 0.3) is 0 Å². The van der Waals surface area contributed by atoms with E-state index in [4.69, 9.17) is 22.1 Å². The fourth-order valence-electron chi connectivity index (χ4n) is 6.21. The van der Waals surface area contributed by atoms with Gasteiger partial charge in [-0.1, -0.05) is 65.0 Å². The number of carbonyl (C=O) groups excluding carboxylic acids is 5. The molecular weight excluding hydrogens is 612 g/mol. The zero-order chi connectivity index (χ0) is 33.6. The van der Waals surface area contributed by atoms with Crippen molar-refractivity contribution in [2.24, 2.45) is 17.1 Å². The number of likely N-dealkylation sites (tertiary alicyclic amines) is 1. The molecular formula is C33H49ClN6O6. The predicted molar refractivity (Wildman–Crippen MR) is 173 cm³/mol. The van der Waals surface area contributed by atoms with Gasteiger partial charge in [-0.25, -0.2) is 4.98 Å². The fourth-order valence-corrected chi connectivity index (χ4v) is 6.32. The van der Waals surface area contributed by atoms with Gasteiger partial charge in [0.25, 0.3) is 5.91 Å². The van der Waals surface area contributed by atoms with Gasteiger partial charge in [-0.15, -0.1) is 0 Å². The summed E-state index contributed by atoms with van der Waals surface area (Å²) in [6.07, 6.45) is 8.28. The van der Waals surface area contributed by atoms with Crippen LogP contribution in [-0.2, 0) is 24.0 Å². The summed E-state index contributed by atoms with van der Waals surface area (Å²) in [4.78, 5) is 72.8. The number of amides is 4. The lowest BCUT2D eigenvalue weighted by molar-refractivity contribution is -0.145. The average molecular weight is 661 g/mol. The van der Waals surface area contributed by atoms with E-state index in [-0.39, 0.29) is 37.2 Å². The minimum atomic E-state index is -1.04. The molecule has 1 aliphatic heterocycles. The monoisotopic (exact) mass is 660 g/mol. The molecule has 0 aromatic carbocycles. The summed E-state index contributed by atoms with van der Waals surface area (Å²) in [5.41, 5.74) is 5.68. The van der Waals surface area contributed by atoms with Gasteiger partial charge in [-0.3, -0.25) is 24.0 Å². The van der Waals surface area contributed by atoms with E-state index < -0.39 is 65.1 Å². The number of ether oxygens (including phenoxy) is 1. The third-order valence-electron chi connectivity index (χ3n) is 9.04. The van der Waals surface area contributed by atoms with Gasteiger partial charge in [0, 0.05) is 24.7 Å². The maximum atomic E-state index is 14.3. The molecule has 0 spiro atoms. The number of aromatic nitrogens is 1. The molecule has 4 rings (SSSR count). The van der Waals surface area contributed by atoms with Gasteiger partial charge in [-0.2, -0.15) is 0 Å². The maximum absolute atomic E-state index is 14.3. The number of pyridine rings is 1. The highest BCUT2D eigenvalue weighted by molar-refractivity contribution is 6.38. The lowest BCUT2D eigenvalue weighted by atomic mass is 9.82. The van der Waals surface area contributed by atoms with Crippen molar-refractivity contribution >= 4 is 41.0 Å². The molecule has 254 valence electrons. The fraction of sp³-hybridized carbons (Fsp3) is 0.697. The van der Waals surface area contributed by atoms with E-state index in [1.54, 1.807) is 12.1 Å². The number of hydrogen-bond donors (Lipinski definition) is 4. The Morgan fingerprint density at radius 2 is 1.76 bits per heavy atom. The Morgan fingerprint density at radius 1 is 1.07 bits per heavy atom. The summed E-state index contributed by atoms with van der Waals surface area (Å²) >= 11 is 5.98. The van der Waals surface area contributed by atoms with E-state index in [2.05, 4.69) is 20.9 Å². The summed E-state index contributed by atoms with van der Waals surface area (Å²) in [5.74, 6) is -2.55. The molecule has 4 amide bonds. The van der Waals surface area contributed by atoms with Gasteiger partial charge in [0.05, 0.1) is 23.7 Å². The Hall–Kier alpha value is -3.25. The number of rotatable bonds is 13. The van der Waals surface area contributed by atoms with Crippen molar-refractivity contribution in [3.8, 4) is 5.88 Å². The quantitative estimate of drug-likeness (QED) is 0.234. The van der Waals surface area contributed by atoms with E-state index in [0.29, 0.717) is 11.4 Å². The van der Waals surface area contributed by atoms with Gasteiger partial charge in [0.15, 0.2) is 0 Å². The van der Waals surface area contributed by atoms with Gasteiger partial charge in [-0.05, 0) is 49.5 Å². The number of ketones is 1. The number of hydrogen-bond acceptors (Lipinski definition) is 8. The van der Waals surface area contributed by atoms with Crippen molar-refractivity contribution in [3.05, 3.63) is 23.4 Å². The molecule has 2 saturated carbocycles. The zero-order valence-corrected chi connectivity index (χ0v) is 28.1. The third-order valence-corrected chi connectivity index (χ3v) is 9.27. The largest absolute Gasteiger partial charge is 0.472 e. The highest BCUT2D eigenvalue weighted by Gasteiger charge is 2.47. The molecule has 0 radical (unpaired) electrons. The van der Waals surface area contributed by atoms with Crippen LogP contribution < -0.4 is 26.4 Å². The SMILES string of the molecule is CCCC(NC(=O)C1CC(Oc2ccc(Cl)cn2)CN1C(=O)C(NC(=O)[C@@H](N)C1CCCCC1)C(C)(C)C)C(=O)C(=O)NC1CC1. The lowest BCUT2D eigenvalue weighted by Crippen LogP contribution is -2.61. The molecule has 2 aliphatic carbocycles. The van der Waals surface area contributed by atoms with Crippen molar-refractivity contribution in [1.82, 2.24) is 25.8 Å². The van der Waals surface area contributed by atoms with Crippen molar-refractivity contribution in [3.63, 3.8) is 0 Å². The number of Topliss-reactive ketones (excluding diaryl/α,β-unsaturated/α-hetero) is 1. The van der Waals surface area contributed by atoms with Gasteiger partial charge in [0.1, 0.15) is 18.2 Å². The van der Waals surface area contributed by atoms with Crippen molar-refractivity contribution in [2.45, 2.75) is 128 Å². The molecule has 1 aromatic heterocycles. The minimum Gasteiger partial charge on any atom is -0.472 e. The van der Waals surface area contributed by atoms with Crippen LogP contribution in [0.2, 0.25) is 5.02 Å². The predicted octanol–water partition coefficient (Wildman–Crippen LogP) is 2.65. The first-order valence-electron chi connectivity index (χ1n) is 16.6. The number of nitrogens with one attached hydrogen (secondary N) is 3. The van der Waals surface area contributed by atoms with Crippen molar-refractivity contribution in [1.29, 1.82) is 0 Å². The second-order valence-corrected chi connectivity index (χ2v) is 14.4. The lowest BCUT2D eigenvalue weighted by Gasteiger charge is -2.37. The first kappa shape index (κ1) is 35.6. The summed E-state index contributed by atoms with van der Waals surface area (Å²) in [6.45, 7) is 7.41. The van der Waals surface area contributed by atoms with Crippen LogP contribution in [0.1, 0.15) is 91.9 Å². The molecule has 1 aromatic rings.